The van der Waals surface area contributed by atoms with Crippen molar-refractivity contribution in [1.82, 2.24) is 0 Å². The van der Waals surface area contributed by atoms with E-state index in [0.717, 1.165) is 24.3 Å². The van der Waals surface area contributed by atoms with Crippen molar-refractivity contribution in [2.24, 2.45) is 10.9 Å². The fourth-order valence-corrected chi connectivity index (χ4v) is 2.40. The maximum Gasteiger partial charge on any atom is 0.416 e. The van der Waals surface area contributed by atoms with Crippen LogP contribution in [0.2, 0.25) is 10.0 Å². The lowest BCUT2D eigenvalue weighted by atomic mass is 10.1. The van der Waals surface area contributed by atoms with Crippen molar-refractivity contribution in [2.75, 3.05) is 7.11 Å². The molecule has 0 unspecified atom stereocenters. The molecule has 2 rings (SSSR count). The number of halogens is 5. The number of hydrogen-bond donors (Lipinski definition) is 1. The Hall–Kier alpha value is -2.45. The molecule has 2 aromatic carbocycles. The standard InChI is InChI=1S/C16H11Cl2F3N2O3/c1-25-13-11(18)7-6-10(17)12(13)15(24)26-23-14(22)8-2-4-9(5-3-8)16(19,20)21/h2-7H,1H3,(H2,22,23). The molecule has 2 N–H and O–H groups in total. The predicted octanol–water partition coefficient (Wildman–Crippen LogP) is 4.50. The van der Waals surface area contributed by atoms with Crippen LogP contribution in [0.25, 0.3) is 0 Å². The molecule has 0 saturated carbocycles. The lowest BCUT2D eigenvalue weighted by Gasteiger charge is -2.10. The van der Waals surface area contributed by atoms with Gasteiger partial charge in [-0.1, -0.05) is 40.5 Å². The van der Waals surface area contributed by atoms with Gasteiger partial charge in [-0.3, -0.25) is 0 Å². The van der Waals surface area contributed by atoms with Crippen LogP contribution >= 0.6 is 23.2 Å². The molecule has 0 aromatic heterocycles. The molecule has 0 radical (unpaired) electrons. The van der Waals surface area contributed by atoms with Crippen LogP contribution in [0.1, 0.15) is 21.5 Å². The summed E-state index contributed by atoms with van der Waals surface area (Å²) in [5.74, 6) is -1.30. The van der Waals surface area contributed by atoms with E-state index < -0.39 is 17.7 Å². The van der Waals surface area contributed by atoms with Crippen LogP contribution < -0.4 is 10.5 Å². The molecule has 0 aliphatic rings. The zero-order chi connectivity index (χ0) is 19.5. The highest BCUT2D eigenvalue weighted by atomic mass is 35.5. The maximum atomic E-state index is 12.5. The number of nitrogens with zero attached hydrogens (tertiary/aromatic N) is 1. The number of amidine groups is 1. The quantitative estimate of drug-likeness (QED) is 0.351. The van der Waals surface area contributed by atoms with Crippen LogP contribution in [0.5, 0.6) is 5.75 Å². The number of alkyl halides is 3. The summed E-state index contributed by atoms with van der Waals surface area (Å²) in [5.41, 5.74) is 4.75. The van der Waals surface area contributed by atoms with Crippen LogP contribution in [-0.4, -0.2) is 18.9 Å². The van der Waals surface area contributed by atoms with E-state index in [2.05, 4.69) is 5.16 Å². The Morgan fingerprint density at radius 2 is 1.65 bits per heavy atom. The average Bonchev–Trinajstić information content (AvgIpc) is 2.60. The third-order valence-corrected chi connectivity index (χ3v) is 3.81. The Balaban J connectivity index is 2.22. The van der Waals surface area contributed by atoms with E-state index >= 15 is 0 Å². The first-order chi connectivity index (χ1) is 12.1. The van der Waals surface area contributed by atoms with E-state index in [4.69, 9.17) is 38.5 Å². The number of oxime groups is 1. The Morgan fingerprint density at radius 1 is 1.08 bits per heavy atom. The number of rotatable bonds is 4. The lowest BCUT2D eigenvalue weighted by Crippen LogP contribution is -2.16. The van der Waals surface area contributed by atoms with Gasteiger partial charge in [-0.2, -0.15) is 13.2 Å². The van der Waals surface area contributed by atoms with Gasteiger partial charge in [0.2, 0.25) is 0 Å². The van der Waals surface area contributed by atoms with Crippen LogP contribution in [0, 0.1) is 0 Å². The molecule has 0 spiro atoms. The third kappa shape index (κ3) is 4.39. The van der Waals surface area contributed by atoms with E-state index in [0.29, 0.717) is 0 Å². The van der Waals surface area contributed by atoms with Crippen molar-refractivity contribution in [1.29, 1.82) is 0 Å². The minimum Gasteiger partial charge on any atom is -0.494 e. The molecular weight excluding hydrogens is 396 g/mol. The zero-order valence-electron chi connectivity index (χ0n) is 13.1. The zero-order valence-corrected chi connectivity index (χ0v) is 14.6. The highest BCUT2D eigenvalue weighted by molar-refractivity contribution is 6.37. The molecule has 0 amide bonds. The molecule has 2 aromatic rings. The van der Waals surface area contributed by atoms with Crippen molar-refractivity contribution >= 4 is 35.0 Å². The maximum absolute atomic E-state index is 12.5. The second-order valence-corrected chi connectivity index (χ2v) is 5.68. The van der Waals surface area contributed by atoms with E-state index in [-0.39, 0.29) is 32.8 Å². The monoisotopic (exact) mass is 406 g/mol. The molecule has 10 heteroatoms. The number of benzene rings is 2. The fraction of sp³-hybridized carbons (Fsp3) is 0.125. The first-order valence-electron chi connectivity index (χ1n) is 6.89. The smallest absolute Gasteiger partial charge is 0.416 e. The molecule has 0 aliphatic carbocycles. The number of hydrogen-bond acceptors (Lipinski definition) is 4. The molecule has 0 aliphatic heterocycles. The van der Waals surface area contributed by atoms with Gasteiger partial charge in [0.15, 0.2) is 11.6 Å². The van der Waals surface area contributed by atoms with E-state index in [1.165, 1.54) is 19.2 Å². The van der Waals surface area contributed by atoms with Crippen molar-refractivity contribution < 1.29 is 27.5 Å². The summed E-state index contributed by atoms with van der Waals surface area (Å²) >= 11 is 11.9. The molecule has 26 heavy (non-hydrogen) atoms. The van der Waals surface area contributed by atoms with Gasteiger partial charge in [0.05, 0.1) is 22.7 Å². The Bertz CT molecular complexity index is 853. The summed E-state index contributed by atoms with van der Waals surface area (Å²) in [6.07, 6.45) is -4.48. The molecular formula is C16H11Cl2F3N2O3. The SMILES string of the molecule is COc1c(Cl)ccc(Cl)c1C(=O)O/N=C(\N)c1ccc(C(F)(F)F)cc1. The van der Waals surface area contributed by atoms with Gasteiger partial charge in [-0.15, -0.1) is 0 Å². The molecule has 138 valence electrons. The van der Waals surface area contributed by atoms with E-state index in [1.807, 2.05) is 0 Å². The lowest BCUT2D eigenvalue weighted by molar-refractivity contribution is -0.137. The summed E-state index contributed by atoms with van der Waals surface area (Å²) in [6, 6.07) is 6.66. The van der Waals surface area contributed by atoms with Crippen LogP contribution in [0.15, 0.2) is 41.6 Å². The van der Waals surface area contributed by atoms with E-state index in [1.54, 1.807) is 0 Å². The first-order valence-corrected chi connectivity index (χ1v) is 7.65. The molecule has 0 atom stereocenters. The number of nitrogens with two attached hydrogens (primary N) is 1. The third-order valence-electron chi connectivity index (χ3n) is 3.20. The minimum atomic E-state index is -4.48. The van der Waals surface area contributed by atoms with Gasteiger partial charge in [-0.05, 0) is 24.3 Å². The van der Waals surface area contributed by atoms with Gasteiger partial charge in [0, 0.05) is 5.56 Å². The topological polar surface area (TPSA) is 73.9 Å². The van der Waals surface area contributed by atoms with E-state index in [9.17, 15) is 18.0 Å². The number of carbonyl (C=O) groups is 1. The Labute approximate surface area is 156 Å². The van der Waals surface area contributed by atoms with Crippen molar-refractivity contribution in [3.8, 4) is 5.75 Å². The van der Waals surface area contributed by atoms with Gasteiger partial charge in [0.1, 0.15) is 5.56 Å². The first kappa shape index (κ1) is 19.9. The molecule has 0 saturated heterocycles. The molecule has 5 nitrogen and oxygen atoms in total. The van der Waals surface area contributed by atoms with Gasteiger partial charge in [0.25, 0.3) is 0 Å². The molecule has 0 fully saturated rings. The van der Waals surface area contributed by atoms with Crippen molar-refractivity contribution in [2.45, 2.75) is 6.18 Å². The van der Waals surface area contributed by atoms with Gasteiger partial charge in [-0.25, -0.2) is 4.79 Å². The fourth-order valence-electron chi connectivity index (χ4n) is 1.94. The number of methoxy groups -OCH3 is 1. The molecule has 0 bridgehead atoms. The van der Waals surface area contributed by atoms with Crippen molar-refractivity contribution in [3.63, 3.8) is 0 Å². The van der Waals surface area contributed by atoms with Crippen molar-refractivity contribution in [3.05, 3.63) is 63.1 Å². The summed E-state index contributed by atoms with van der Waals surface area (Å²) in [5, 5.41) is 3.56. The summed E-state index contributed by atoms with van der Waals surface area (Å²) < 4.78 is 42.6. The number of carbonyl (C=O) groups excluding carboxylic acids is 1. The highest BCUT2D eigenvalue weighted by Crippen LogP contribution is 2.34. The second kappa shape index (κ2) is 7.84. The normalized spacial score (nSPS) is 12.0. The second-order valence-electron chi connectivity index (χ2n) is 4.87. The number of ether oxygens (including phenoxy) is 1. The summed E-state index contributed by atoms with van der Waals surface area (Å²) in [6.45, 7) is 0. The summed E-state index contributed by atoms with van der Waals surface area (Å²) in [4.78, 5) is 16.9. The van der Waals surface area contributed by atoms with Gasteiger partial charge >= 0.3 is 12.1 Å². The van der Waals surface area contributed by atoms with Crippen LogP contribution in [0.3, 0.4) is 0 Å². The largest absolute Gasteiger partial charge is 0.494 e. The molecule has 0 heterocycles. The van der Waals surface area contributed by atoms with Crippen LogP contribution in [0.4, 0.5) is 13.2 Å². The average molecular weight is 407 g/mol. The highest BCUT2D eigenvalue weighted by Gasteiger charge is 2.30. The Kier molecular flexibility index (Phi) is 5.99. The Morgan fingerprint density at radius 3 is 2.19 bits per heavy atom. The van der Waals surface area contributed by atoms with Gasteiger partial charge < -0.3 is 15.3 Å². The predicted molar refractivity (Wildman–Crippen MR) is 90.6 cm³/mol. The summed E-state index contributed by atoms with van der Waals surface area (Å²) in [7, 11) is 1.29. The minimum absolute atomic E-state index is 0.00697. The van der Waals surface area contributed by atoms with Crippen LogP contribution in [-0.2, 0) is 11.0 Å².